The molecule has 3 spiro atoms. The van der Waals surface area contributed by atoms with Crippen LogP contribution < -0.4 is 26.2 Å². The van der Waals surface area contributed by atoms with E-state index in [1.165, 1.54) is 177 Å². The summed E-state index contributed by atoms with van der Waals surface area (Å²) in [6, 6.07) is 146. The predicted molar refractivity (Wildman–Crippen MR) is 449 cm³/mol. The van der Waals surface area contributed by atoms with Crippen LogP contribution in [0, 0.1) is 0 Å². The Kier molecular flexibility index (Phi) is 11.2. The van der Waals surface area contributed by atoms with Crippen LogP contribution in [0.4, 0.5) is 34.1 Å². The molecule has 2 aliphatic heterocycles. The van der Waals surface area contributed by atoms with Gasteiger partial charge in [0.25, 0.3) is 6.71 Å². The zero-order valence-corrected chi connectivity index (χ0v) is 59.2. The van der Waals surface area contributed by atoms with E-state index in [9.17, 15) is 0 Å². The Morgan fingerprint density at radius 3 is 1.10 bits per heavy atom. The first-order valence-corrected chi connectivity index (χ1v) is 38.4. The molecule has 0 N–H and O–H groups in total. The summed E-state index contributed by atoms with van der Waals surface area (Å²) in [5, 5.41) is 2.44. The number of hydrogen-bond acceptors (Lipinski definition) is 2. The maximum absolute atomic E-state index is 2.77. The second-order valence-corrected chi connectivity index (χ2v) is 31.1. The van der Waals surface area contributed by atoms with Gasteiger partial charge in [-0.15, -0.1) is 0 Å². The average Bonchev–Trinajstić information content (AvgIpc) is 1.58. The molecular formula is C105H62BN3. The Balaban J connectivity index is 0.827. The summed E-state index contributed by atoms with van der Waals surface area (Å²) < 4.78 is 2.57. The van der Waals surface area contributed by atoms with Crippen molar-refractivity contribution in [3.8, 4) is 83.6 Å². The summed E-state index contributed by atoms with van der Waals surface area (Å²) in [6.45, 7) is -0.273. The first kappa shape index (κ1) is 58.5. The highest BCUT2D eigenvalue weighted by Gasteiger charge is 2.57. The minimum Gasteiger partial charge on any atom is -0.311 e. The number of hydrogen-bond donors (Lipinski definition) is 0. The lowest BCUT2D eigenvalue weighted by Gasteiger charge is -2.45. The van der Waals surface area contributed by atoms with Crippen molar-refractivity contribution in [2.24, 2.45) is 0 Å². The van der Waals surface area contributed by atoms with Gasteiger partial charge in [0, 0.05) is 44.8 Å². The maximum Gasteiger partial charge on any atom is 0.252 e. The van der Waals surface area contributed by atoms with Gasteiger partial charge in [-0.05, 0) is 210 Å². The monoisotopic (exact) mass is 1380 g/mol. The molecule has 0 unspecified atom stereocenters. The first-order chi connectivity index (χ1) is 54.1. The highest BCUT2D eigenvalue weighted by Crippen LogP contribution is 2.69. The summed E-state index contributed by atoms with van der Waals surface area (Å²) in [6.07, 6.45) is 0. The third-order valence-corrected chi connectivity index (χ3v) is 26.6. The molecule has 0 bridgehead atoms. The van der Waals surface area contributed by atoms with Gasteiger partial charge in [-0.3, -0.25) is 0 Å². The topological polar surface area (TPSA) is 11.4 Å². The largest absolute Gasteiger partial charge is 0.311 e. The van der Waals surface area contributed by atoms with Crippen molar-refractivity contribution < 1.29 is 0 Å². The summed E-state index contributed by atoms with van der Waals surface area (Å²) in [5.74, 6) is 0. The lowest BCUT2D eigenvalue weighted by molar-refractivity contribution is 0.793. The molecule has 3 nitrogen and oxygen atoms in total. The molecule has 109 heavy (non-hydrogen) atoms. The van der Waals surface area contributed by atoms with Crippen LogP contribution in [0.15, 0.2) is 376 Å². The number of nitrogens with zero attached hydrogens (tertiary/aromatic N) is 3. The van der Waals surface area contributed by atoms with E-state index >= 15 is 0 Å². The van der Waals surface area contributed by atoms with Crippen molar-refractivity contribution >= 4 is 79.0 Å². The third kappa shape index (κ3) is 6.96. The van der Waals surface area contributed by atoms with Crippen molar-refractivity contribution in [1.29, 1.82) is 0 Å². The van der Waals surface area contributed by atoms with E-state index in [-0.39, 0.29) is 6.71 Å². The molecule has 500 valence electrons. The normalized spacial score (nSPS) is 15.0. The molecule has 3 heterocycles. The lowest BCUT2D eigenvalue weighted by atomic mass is 9.33. The van der Waals surface area contributed by atoms with Crippen LogP contribution in [0.3, 0.4) is 0 Å². The standard InChI is InChI=1S/C105H62BN3/c1-2-27-63(28-3-1)64-53-56-96-92(57-64)106-93-62-91-79(74-36-11-22-47-87(74)105(91)84-44-19-8-33-71(84)72-34-9-20-45-85(72)105)61-98(93)109(97-52-26-49-90-101(97)77-39-12-23-48-88(77)104(90)82-42-17-6-31-69(82)70-32-7-18-43-83(70)104)100-60-66(108-94-50-24-13-37-75(94)76-38-14-25-51-95(76)108)59-99(102(100)106)107(96)65-54-55-89-78(58-65)73-35-10-21-46-86(73)103(89)80-40-15-4-29-67(80)68-30-5-16-41-81(68)103/h1-62H. The van der Waals surface area contributed by atoms with Crippen molar-refractivity contribution in [3.05, 3.63) is 443 Å². The number of para-hydroxylation sites is 2. The smallest absolute Gasteiger partial charge is 0.252 e. The van der Waals surface area contributed by atoms with Crippen molar-refractivity contribution in [1.82, 2.24) is 4.57 Å². The molecule has 0 fully saturated rings. The fourth-order valence-electron chi connectivity index (χ4n) is 22.8. The van der Waals surface area contributed by atoms with Gasteiger partial charge in [0.15, 0.2) is 0 Å². The molecule has 0 saturated heterocycles. The quantitative estimate of drug-likeness (QED) is 0.163. The van der Waals surface area contributed by atoms with Crippen molar-refractivity contribution in [3.63, 3.8) is 0 Å². The fraction of sp³-hybridized carbons (Fsp3) is 0.0286. The number of benzene rings is 17. The third-order valence-electron chi connectivity index (χ3n) is 26.6. The highest BCUT2D eigenvalue weighted by molar-refractivity contribution is 7.00. The molecular weight excluding hydrogens is 1310 g/mol. The van der Waals surface area contributed by atoms with Crippen LogP contribution in [-0.2, 0) is 16.2 Å². The van der Waals surface area contributed by atoms with Crippen LogP contribution in [0.25, 0.3) is 105 Å². The SMILES string of the molecule is c1ccc(-c2ccc3c(c2)B2c4cc5c(cc4N(c4cccc6c4-c4ccccc4C64c6ccccc6-c6ccccc64)c4cc(-n6c7ccccc7c7ccccc76)cc(c42)N3c2ccc3c(c2)-c2ccccc2C32c3ccccc3-c3ccccc32)-c2ccccc2C52c3ccccc3-c3ccccc32)cc1. The molecule has 18 aromatic rings. The summed E-state index contributed by atoms with van der Waals surface area (Å²) in [7, 11) is 0. The van der Waals surface area contributed by atoms with Gasteiger partial charge in [0.05, 0.1) is 38.7 Å². The Morgan fingerprint density at radius 1 is 0.202 bits per heavy atom. The second-order valence-electron chi connectivity index (χ2n) is 31.1. The summed E-state index contributed by atoms with van der Waals surface area (Å²) in [5.41, 5.74) is 45.9. The maximum atomic E-state index is 2.77. The van der Waals surface area contributed by atoms with Crippen LogP contribution >= 0.6 is 0 Å². The first-order valence-electron chi connectivity index (χ1n) is 38.4. The molecule has 0 atom stereocenters. The molecule has 0 radical (unpaired) electrons. The average molecular weight is 1380 g/mol. The van der Waals surface area contributed by atoms with E-state index in [0.29, 0.717) is 0 Å². The van der Waals surface area contributed by atoms with Crippen molar-refractivity contribution in [2.45, 2.75) is 16.2 Å². The molecule has 0 saturated carbocycles. The molecule has 17 aromatic carbocycles. The van der Waals surface area contributed by atoms with Crippen LogP contribution in [0.1, 0.15) is 66.8 Å². The Hall–Kier alpha value is -13.8. The second kappa shape index (κ2) is 20.8. The van der Waals surface area contributed by atoms with Crippen LogP contribution in [0.5, 0.6) is 0 Å². The number of rotatable bonds is 4. The van der Waals surface area contributed by atoms with Gasteiger partial charge >= 0.3 is 0 Å². The van der Waals surface area contributed by atoms with Gasteiger partial charge in [-0.25, -0.2) is 0 Å². The van der Waals surface area contributed by atoms with E-state index in [4.69, 9.17) is 0 Å². The van der Waals surface area contributed by atoms with E-state index in [1.807, 2.05) is 0 Å². The van der Waals surface area contributed by atoms with Crippen LogP contribution in [-0.4, -0.2) is 11.3 Å². The minimum absolute atomic E-state index is 0.273. The summed E-state index contributed by atoms with van der Waals surface area (Å²) in [4.78, 5) is 5.46. The van der Waals surface area contributed by atoms with Crippen molar-refractivity contribution in [2.75, 3.05) is 9.80 Å². The summed E-state index contributed by atoms with van der Waals surface area (Å²) >= 11 is 0. The molecule has 8 aliphatic rings. The zero-order chi connectivity index (χ0) is 70.7. The Morgan fingerprint density at radius 2 is 0.587 bits per heavy atom. The zero-order valence-electron chi connectivity index (χ0n) is 59.2. The Bertz CT molecular complexity index is 6980. The van der Waals surface area contributed by atoms with E-state index in [1.54, 1.807) is 0 Å². The fourth-order valence-corrected chi connectivity index (χ4v) is 22.8. The number of aromatic nitrogens is 1. The molecule has 0 amide bonds. The van der Waals surface area contributed by atoms with Gasteiger partial charge in [0.2, 0.25) is 0 Å². The number of fused-ring (bicyclic) bond motifs is 37. The molecule has 6 aliphatic carbocycles. The molecule has 1 aromatic heterocycles. The predicted octanol–water partition coefficient (Wildman–Crippen LogP) is 23.6. The van der Waals surface area contributed by atoms with Gasteiger partial charge in [-0.1, -0.05) is 322 Å². The van der Waals surface area contributed by atoms with Gasteiger partial charge in [0.1, 0.15) is 0 Å². The molecule has 26 rings (SSSR count). The Labute approximate surface area is 631 Å². The number of anilines is 6. The lowest BCUT2D eigenvalue weighted by Crippen LogP contribution is -2.61. The van der Waals surface area contributed by atoms with E-state index in [0.717, 1.165) is 45.2 Å². The van der Waals surface area contributed by atoms with E-state index < -0.39 is 16.2 Å². The van der Waals surface area contributed by atoms with Gasteiger partial charge in [-0.2, -0.15) is 0 Å². The molecule has 4 heteroatoms. The minimum atomic E-state index is -0.612. The van der Waals surface area contributed by atoms with Crippen LogP contribution in [0.2, 0.25) is 0 Å². The van der Waals surface area contributed by atoms with E-state index in [2.05, 4.69) is 390 Å². The van der Waals surface area contributed by atoms with Gasteiger partial charge < -0.3 is 14.4 Å². The highest BCUT2D eigenvalue weighted by atomic mass is 15.2.